The smallest absolute Gasteiger partial charge is 0.223 e. The van der Waals surface area contributed by atoms with Crippen LogP contribution < -0.4 is 15.4 Å². The fourth-order valence-corrected chi connectivity index (χ4v) is 2.20. The van der Waals surface area contributed by atoms with Crippen molar-refractivity contribution in [2.45, 2.75) is 19.9 Å². The second kappa shape index (κ2) is 6.06. The van der Waals surface area contributed by atoms with Gasteiger partial charge in [0.2, 0.25) is 5.91 Å². The van der Waals surface area contributed by atoms with Gasteiger partial charge in [0, 0.05) is 5.92 Å². The minimum Gasteiger partial charge on any atom is -0.497 e. The van der Waals surface area contributed by atoms with Crippen molar-refractivity contribution in [3.05, 3.63) is 29.8 Å². The Kier molecular flexibility index (Phi) is 4.43. The maximum atomic E-state index is 12.1. The largest absolute Gasteiger partial charge is 0.497 e. The van der Waals surface area contributed by atoms with Crippen LogP contribution in [0, 0.1) is 11.8 Å². The van der Waals surface area contributed by atoms with E-state index in [1.165, 1.54) is 0 Å². The molecule has 1 heterocycles. The Morgan fingerprint density at radius 3 is 2.42 bits per heavy atom. The highest BCUT2D eigenvalue weighted by Crippen LogP contribution is 2.20. The van der Waals surface area contributed by atoms with Crippen molar-refractivity contribution < 1.29 is 9.53 Å². The molecule has 0 radical (unpaired) electrons. The lowest BCUT2D eigenvalue weighted by atomic mass is 9.88. The number of benzene rings is 1. The molecule has 2 N–H and O–H groups in total. The van der Waals surface area contributed by atoms with Gasteiger partial charge in [-0.1, -0.05) is 19.1 Å². The molecule has 1 aliphatic rings. The molecule has 4 heteroatoms. The Balaban J connectivity index is 1.91. The van der Waals surface area contributed by atoms with Crippen LogP contribution in [0.5, 0.6) is 5.75 Å². The van der Waals surface area contributed by atoms with E-state index in [9.17, 15) is 4.79 Å². The predicted molar refractivity (Wildman–Crippen MR) is 75.1 cm³/mol. The average molecular weight is 262 g/mol. The Bertz CT molecular complexity index is 426. The summed E-state index contributed by atoms with van der Waals surface area (Å²) >= 11 is 0. The summed E-state index contributed by atoms with van der Waals surface area (Å²) in [5.41, 5.74) is 1.09. The minimum absolute atomic E-state index is 0.0221. The number of amides is 1. The molecule has 1 aromatic carbocycles. The maximum absolute atomic E-state index is 12.1. The van der Waals surface area contributed by atoms with Gasteiger partial charge in [0.1, 0.15) is 5.75 Å². The zero-order chi connectivity index (χ0) is 13.8. The first-order chi connectivity index (χ1) is 9.11. The van der Waals surface area contributed by atoms with Crippen molar-refractivity contribution in [1.82, 2.24) is 10.6 Å². The van der Waals surface area contributed by atoms with Crippen LogP contribution in [0.15, 0.2) is 24.3 Å². The van der Waals surface area contributed by atoms with Crippen molar-refractivity contribution in [3.63, 3.8) is 0 Å². The Morgan fingerprint density at radius 1 is 1.32 bits per heavy atom. The summed E-state index contributed by atoms with van der Waals surface area (Å²) in [5.74, 6) is 1.51. The van der Waals surface area contributed by atoms with Crippen LogP contribution in [0.2, 0.25) is 0 Å². The molecule has 0 bridgehead atoms. The van der Waals surface area contributed by atoms with Gasteiger partial charge in [0.25, 0.3) is 0 Å². The van der Waals surface area contributed by atoms with E-state index in [1.54, 1.807) is 7.11 Å². The van der Waals surface area contributed by atoms with Gasteiger partial charge in [0.15, 0.2) is 0 Å². The molecular formula is C15H22N2O2. The van der Waals surface area contributed by atoms with E-state index in [1.807, 2.05) is 38.1 Å². The van der Waals surface area contributed by atoms with Crippen LogP contribution >= 0.6 is 0 Å². The summed E-state index contributed by atoms with van der Waals surface area (Å²) in [5, 5.41) is 6.28. The van der Waals surface area contributed by atoms with Crippen molar-refractivity contribution in [2.24, 2.45) is 11.8 Å². The number of nitrogens with one attached hydrogen (secondary N) is 2. The summed E-state index contributed by atoms with van der Waals surface area (Å²) in [4.78, 5) is 12.1. The first kappa shape index (κ1) is 13.9. The third-order valence-electron chi connectivity index (χ3n) is 3.91. The van der Waals surface area contributed by atoms with Crippen molar-refractivity contribution in [2.75, 3.05) is 20.2 Å². The maximum Gasteiger partial charge on any atom is 0.223 e. The second-order valence-electron chi connectivity index (χ2n) is 5.21. The monoisotopic (exact) mass is 262 g/mol. The third kappa shape index (κ3) is 3.26. The number of ether oxygens (including phenoxy) is 1. The first-order valence-corrected chi connectivity index (χ1v) is 6.77. The van der Waals surface area contributed by atoms with Crippen molar-refractivity contribution >= 4 is 5.91 Å². The average Bonchev–Trinajstić information content (AvgIpc) is 2.36. The number of methoxy groups -OCH3 is 1. The van der Waals surface area contributed by atoms with Crippen LogP contribution in [0.3, 0.4) is 0 Å². The minimum atomic E-state index is 0.0221. The van der Waals surface area contributed by atoms with Crippen LogP contribution in [0.1, 0.15) is 25.5 Å². The molecule has 1 aliphatic heterocycles. The van der Waals surface area contributed by atoms with Crippen molar-refractivity contribution in [3.8, 4) is 5.75 Å². The van der Waals surface area contributed by atoms with E-state index < -0.39 is 0 Å². The van der Waals surface area contributed by atoms with E-state index in [2.05, 4.69) is 10.6 Å². The molecule has 0 spiro atoms. The SMILES string of the molecule is COc1ccc(C(C)NC(=O)C(C)C2CNC2)cc1. The highest BCUT2D eigenvalue weighted by Gasteiger charge is 2.29. The molecule has 19 heavy (non-hydrogen) atoms. The quantitative estimate of drug-likeness (QED) is 0.849. The zero-order valence-corrected chi connectivity index (χ0v) is 11.8. The van der Waals surface area contributed by atoms with E-state index in [0.29, 0.717) is 5.92 Å². The first-order valence-electron chi connectivity index (χ1n) is 6.77. The highest BCUT2D eigenvalue weighted by atomic mass is 16.5. The van der Waals surface area contributed by atoms with E-state index in [0.717, 1.165) is 24.4 Å². The van der Waals surface area contributed by atoms with Crippen LogP contribution in [-0.2, 0) is 4.79 Å². The molecular weight excluding hydrogens is 240 g/mol. The molecule has 2 rings (SSSR count). The van der Waals surface area contributed by atoms with Gasteiger partial charge in [-0.2, -0.15) is 0 Å². The lowest BCUT2D eigenvalue weighted by Crippen LogP contribution is -2.49. The van der Waals surface area contributed by atoms with E-state index in [4.69, 9.17) is 4.74 Å². The molecule has 0 aliphatic carbocycles. The van der Waals surface area contributed by atoms with Gasteiger partial charge in [-0.25, -0.2) is 0 Å². The summed E-state index contributed by atoms with van der Waals surface area (Å²) in [7, 11) is 1.65. The molecule has 2 atom stereocenters. The van der Waals surface area contributed by atoms with Gasteiger partial charge in [-0.15, -0.1) is 0 Å². The fourth-order valence-electron chi connectivity index (χ4n) is 2.20. The number of carbonyl (C=O) groups excluding carboxylic acids is 1. The molecule has 1 amide bonds. The van der Waals surface area contributed by atoms with Crippen LogP contribution in [0.25, 0.3) is 0 Å². The standard InChI is InChI=1S/C15H22N2O2/c1-10(13-8-16-9-13)15(18)17-11(2)12-4-6-14(19-3)7-5-12/h4-7,10-11,13,16H,8-9H2,1-3H3,(H,17,18). The van der Waals surface area contributed by atoms with Gasteiger partial charge < -0.3 is 15.4 Å². The summed E-state index contributed by atoms with van der Waals surface area (Å²) in [6, 6.07) is 7.82. The zero-order valence-electron chi connectivity index (χ0n) is 11.8. The number of carbonyl (C=O) groups is 1. The van der Waals surface area contributed by atoms with Crippen molar-refractivity contribution in [1.29, 1.82) is 0 Å². The van der Waals surface area contributed by atoms with Gasteiger partial charge in [0.05, 0.1) is 13.2 Å². The summed E-state index contributed by atoms with van der Waals surface area (Å²) in [6.45, 7) is 5.91. The number of rotatable bonds is 5. The summed E-state index contributed by atoms with van der Waals surface area (Å²) in [6.07, 6.45) is 0. The number of hydrogen-bond donors (Lipinski definition) is 2. The molecule has 1 saturated heterocycles. The van der Waals surface area contributed by atoms with Gasteiger partial charge >= 0.3 is 0 Å². The van der Waals surface area contributed by atoms with Crippen LogP contribution in [-0.4, -0.2) is 26.1 Å². The molecule has 0 aromatic heterocycles. The van der Waals surface area contributed by atoms with Gasteiger partial charge in [-0.05, 0) is 43.6 Å². The molecule has 1 fully saturated rings. The lowest BCUT2D eigenvalue weighted by Gasteiger charge is -2.32. The topological polar surface area (TPSA) is 50.4 Å². The number of hydrogen-bond acceptors (Lipinski definition) is 3. The second-order valence-corrected chi connectivity index (χ2v) is 5.21. The third-order valence-corrected chi connectivity index (χ3v) is 3.91. The van der Waals surface area contributed by atoms with Gasteiger partial charge in [-0.3, -0.25) is 4.79 Å². The molecule has 0 saturated carbocycles. The Hall–Kier alpha value is -1.55. The molecule has 1 aromatic rings. The van der Waals surface area contributed by atoms with E-state index >= 15 is 0 Å². The Morgan fingerprint density at radius 2 is 1.95 bits per heavy atom. The fraction of sp³-hybridized carbons (Fsp3) is 0.533. The highest BCUT2D eigenvalue weighted by molar-refractivity contribution is 5.79. The molecule has 2 unspecified atom stereocenters. The molecule has 104 valence electrons. The summed E-state index contributed by atoms with van der Waals surface area (Å²) < 4.78 is 5.13. The predicted octanol–water partition coefficient (Wildman–Crippen LogP) is 1.73. The molecule has 4 nitrogen and oxygen atoms in total. The lowest BCUT2D eigenvalue weighted by molar-refractivity contribution is -0.127. The Labute approximate surface area is 114 Å². The van der Waals surface area contributed by atoms with Crippen LogP contribution in [0.4, 0.5) is 0 Å². The normalized spacial score (nSPS) is 18.3. The van der Waals surface area contributed by atoms with E-state index in [-0.39, 0.29) is 17.9 Å².